The Balaban J connectivity index is 1.35. The van der Waals surface area contributed by atoms with Gasteiger partial charge in [-0.3, -0.25) is 14.4 Å². The molecule has 0 spiro atoms. The van der Waals surface area contributed by atoms with Gasteiger partial charge in [0.05, 0.1) is 29.5 Å². The molecule has 59 heavy (non-hydrogen) atoms. The smallest absolute Gasteiger partial charge is 0.419 e. The van der Waals surface area contributed by atoms with E-state index in [1.165, 1.54) is 12.1 Å². The van der Waals surface area contributed by atoms with E-state index in [2.05, 4.69) is 10.6 Å². The molecule has 1 saturated heterocycles. The Kier molecular flexibility index (Phi) is 12.1. The van der Waals surface area contributed by atoms with Gasteiger partial charge < -0.3 is 25.4 Å². The molecular formula is C39H30F11N3O5S. The van der Waals surface area contributed by atoms with Crippen molar-refractivity contribution in [3.8, 4) is 5.75 Å². The second-order valence-electron chi connectivity index (χ2n) is 13.4. The molecule has 1 aliphatic carbocycles. The molecule has 3 unspecified atom stereocenters. The molecule has 3 N–H and O–H groups in total. The van der Waals surface area contributed by atoms with Crippen molar-refractivity contribution in [2.24, 2.45) is 5.92 Å². The van der Waals surface area contributed by atoms with Crippen LogP contribution in [-0.2, 0) is 21.9 Å². The molecule has 314 valence electrons. The van der Waals surface area contributed by atoms with Crippen molar-refractivity contribution in [3.05, 3.63) is 111 Å². The van der Waals surface area contributed by atoms with E-state index in [1.807, 2.05) is 5.32 Å². The van der Waals surface area contributed by atoms with Gasteiger partial charge in [-0.15, -0.1) is 11.3 Å². The molecular weight excluding hydrogens is 831 g/mol. The zero-order valence-electron chi connectivity index (χ0n) is 30.2. The van der Waals surface area contributed by atoms with Crippen LogP contribution in [0.15, 0.2) is 78.4 Å². The van der Waals surface area contributed by atoms with Gasteiger partial charge in [0.15, 0.2) is 6.04 Å². The van der Waals surface area contributed by atoms with E-state index in [1.54, 1.807) is 0 Å². The number of amides is 3. The molecule has 2 heterocycles. The fraction of sp³-hybridized carbons (Fsp3) is 0.308. The van der Waals surface area contributed by atoms with Crippen molar-refractivity contribution < 1.29 is 72.2 Å². The van der Waals surface area contributed by atoms with Gasteiger partial charge >= 0.3 is 18.5 Å². The molecule has 1 aliphatic heterocycles. The molecule has 4 aromatic rings. The minimum Gasteiger partial charge on any atom is -0.496 e. The molecule has 20 heteroatoms. The third kappa shape index (κ3) is 9.53. The summed E-state index contributed by atoms with van der Waals surface area (Å²) >= 11 is 0.438. The number of ether oxygens (including phenoxy) is 2. The SMILES string of the molecule is COc1ccc(C2C=C(C(NC(=O)C3CCOCC3)C(F)(F)F)C=CC2F)cc1C(=O)Nc1c(C(=O)Nc2ccc(F)c(C(F)(F)F)c2)sc2cc(C(F)(F)F)ccc12. The molecule has 0 radical (unpaired) electrons. The van der Waals surface area contributed by atoms with Gasteiger partial charge in [-0.05, 0) is 72.5 Å². The maximum absolute atomic E-state index is 15.5. The summed E-state index contributed by atoms with van der Waals surface area (Å²) in [6.45, 7) is 0.378. The van der Waals surface area contributed by atoms with Crippen molar-refractivity contribution in [2.75, 3.05) is 31.0 Å². The van der Waals surface area contributed by atoms with Gasteiger partial charge in [-0.25, -0.2) is 8.78 Å². The van der Waals surface area contributed by atoms with E-state index in [-0.39, 0.29) is 53.0 Å². The van der Waals surface area contributed by atoms with Crippen LogP contribution in [0.25, 0.3) is 10.1 Å². The highest BCUT2D eigenvalue weighted by molar-refractivity contribution is 7.21. The molecule has 6 rings (SSSR count). The van der Waals surface area contributed by atoms with Crippen molar-refractivity contribution >= 4 is 50.5 Å². The molecule has 8 nitrogen and oxygen atoms in total. The standard InChI is InChI=1S/C39H30F11N3O5S/c1-57-29-9-3-19(24-15-20(2-7-27(24)40)33(39(48,49)50)53-34(54)18-10-12-58-13-11-18)14-25(29)35(55)52-31-23-6-4-21(37(42,43)44)16-30(23)59-32(31)36(56)51-22-5-8-28(41)26(17-22)38(45,46)47/h2-9,14-18,24,27,33H,10-13H2,1H3,(H,51,56)(H,52,55)(H,53,54). The average Bonchev–Trinajstić information content (AvgIpc) is 3.54. The van der Waals surface area contributed by atoms with Crippen molar-refractivity contribution in [2.45, 2.75) is 49.5 Å². The van der Waals surface area contributed by atoms with E-state index in [9.17, 15) is 58.3 Å². The van der Waals surface area contributed by atoms with Gasteiger partial charge in [0.25, 0.3) is 11.8 Å². The summed E-state index contributed by atoms with van der Waals surface area (Å²) in [6.07, 6.45) is -13.8. The summed E-state index contributed by atoms with van der Waals surface area (Å²) in [5.41, 5.74) is -4.69. The van der Waals surface area contributed by atoms with Crippen LogP contribution >= 0.6 is 11.3 Å². The van der Waals surface area contributed by atoms with E-state index >= 15 is 4.39 Å². The van der Waals surface area contributed by atoms with Gasteiger partial charge in [0, 0.05) is 40.8 Å². The molecule has 3 amide bonds. The molecule has 0 bridgehead atoms. The Morgan fingerprint density at radius 2 is 1.58 bits per heavy atom. The van der Waals surface area contributed by atoms with Crippen molar-refractivity contribution in [1.29, 1.82) is 0 Å². The molecule has 1 aromatic heterocycles. The van der Waals surface area contributed by atoms with Crippen LogP contribution in [0.1, 0.15) is 55.5 Å². The number of fused-ring (bicyclic) bond motifs is 1. The van der Waals surface area contributed by atoms with Crippen molar-refractivity contribution in [1.82, 2.24) is 5.32 Å². The van der Waals surface area contributed by atoms with Crippen LogP contribution < -0.4 is 20.7 Å². The number of allylic oxidation sites excluding steroid dienone is 2. The van der Waals surface area contributed by atoms with Gasteiger partial charge in [-0.1, -0.05) is 24.3 Å². The number of carbonyl (C=O) groups is 3. The average molecular weight is 862 g/mol. The number of thiophene rings is 1. The maximum Gasteiger partial charge on any atom is 0.419 e. The fourth-order valence-electron chi connectivity index (χ4n) is 6.58. The lowest BCUT2D eigenvalue weighted by molar-refractivity contribution is -0.156. The number of halogens is 11. The number of anilines is 2. The summed E-state index contributed by atoms with van der Waals surface area (Å²) in [6, 6.07) is 4.88. The molecule has 2 aliphatic rings. The zero-order chi connectivity index (χ0) is 43.0. The van der Waals surface area contributed by atoms with Gasteiger partial charge in [0.1, 0.15) is 22.6 Å². The van der Waals surface area contributed by atoms with E-state index in [0.29, 0.717) is 35.6 Å². The van der Waals surface area contributed by atoms with Crippen LogP contribution in [0.2, 0.25) is 0 Å². The number of alkyl halides is 10. The van der Waals surface area contributed by atoms with E-state index in [4.69, 9.17) is 9.47 Å². The number of rotatable bonds is 9. The van der Waals surface area contributed by atoms with Crippen molar-refractivity contribution in [3.63, 3.8) is 0 Å². The highest BCUT2D eigenvalue weighted by Crippen LogP contribution is 2.42. The van der Waals surface area contributed by atoms with Crippen LogP contribution in [0.3, 0.4) is 0 Å². The Hall–Kier alpha value is -5.50. The van der Waals surface area contributed by atoms with Crippen LogP contribution in [0.4, 0.5) is 59.7 Å². The first-order valence-corrected chi connectivity index (χ1v) is 18.3. The Morgan fingerprint density at radius 3 is 2.22 bits per heavy atom. The monoisotopic (exact) mass is 861 g/mol. The number of hydrogen-bond donors (Lipinski definition) is 3. The van der Waals surface area contributed by atoms with Crippen LogP contribution in [-0.4, -0.2) is 56.4 Å². The summed E-state index contributed by atoms with van der Waals surface area (Å²) in [4.78, 5) is 39.9. The second-order valence-corrected chi connectivity index (χ2v) is 14.5. The Morgan fingerprint density at radius 1 is 0.864 bits per heavy atom. The summed E-state index contributed by atoms with van der Waals surface area (Å²) in [5, 5.41) is 6.45. The quantitative estimate of drug-likeness (QED) is 0.145. The zero-order valence-corrected chi connectivity index (χ0v) is 31.0. The summed E-state index contributed by atoms with van der Waals surface area (Å²) in [7, 11) is 1.15. The number of hydrogen-bond acceptors (Lipinski definition) is 6. The van der Waals surface area contributed by atoms with E-state index in [0.717, 1.165) is 43.5 Å². The molecule has 1 fully saturated rings. The largest absolute Gasteiger partial charge is 0.496 e. The van der Waals surface area contributed by atoms with Crippen LogP contribution in [0.5, 0.6) is 5.75 Å². The number of carbonyl (C=O) groups excluding carboxylic acids is 3. The topological polar surface area (TPSA) is 106 Å². The number of methoxy groups -OCH3 is 1. The third-order valence-electron chi connectivity index (χ3n) is 9.57. The van der Waals surface area contributed by atoms with Gasteiger partial charge in [0.2, 0.25) is 5.91 Å². The summed E-state index contributed by atoms with van der Waals surface area (Å²) in [5.74, 6) is -7.15. The number of benzene rings is 3. The molecule has 3 aromatic carbocycles. The normalized spacial score (nSPS) is 18.3. The first-order chi connectivity index (χ1) is 27.6. The lowest BCUT2D eigenvalue weighted by Gasteiger charge is -2.30. The first-order valence-electron chi connectivity index (χ1n) is 17.5. The van der Waals surface area contributed by atoms with Gasteiger partial charge in [-0.2, -0.15) is 39.5 Å². The minimum atomic E-state index is -5.16. The molecule has 0 saturated carbocycles. The predicted molar refractivity (Wildman–Crippen MR) is 194 cm³/mol. The Bertz CT molecular complexity index is 2330. The second kappa shape index (κ2) is 16.6. The Labute approximate surface area is 331 Å². The molecule has 3 atom stereocenters. The highest BCUT2D eigenvalue weighted by atomic mass is 32.1. The lowest BCUT2D eigenvalue weighted by atomic mass is 9.85. The lowest BCUT2D eigenvalue weighted by Crippen LogP contribution is -2.49. The van der Waals surface area contributed by atoms with Crippen LogP contribution in [0, 0.1) is 11.7 Å². The highest BCUT2D eigenvalue weighted by Gasteiger charge is 2.45. The third-order valence-corrected chi connectivity index (χ3v) is 10.7. The summed E-state index contributed by atoms with van der Waals surface area (Å²) < 4.78 is 164. The van der Waals surface area contributed by atoms with E-state index < -0.39 is 99.1 Å². The maximum atomic E-state index is 15.5. The minimum absolute atomic E-state index is 0.0401. The first kappa shape index (κ1) is 43.1. The number of nitrogens with one attached hydrogen (secondary N) is 3. The fourth-order valence-corrected chi connectivity index (χ4v) is 7.67. The predicted octanol–water partition coefficient (Wildman–Crippen LogP) is 9.98.